The number of carbonyl (C=O) groups is 4. The zero-order valence-corrected chi connectivity index (χ0v) is 9.97. The van der Waals surface area contributed by atoms with E-state index >= 15 is 0 Å². The summed E-state index contributed by atoms with van der Waals surface area (Å²) in [4.78, 5) is 43.2. The molecule has 1 atom stereocenters. The highest BCUT2D eigenvalue weighted by molar-refractivity contribution is 5.78. The van der Waals surface area contributed by atoms with Crippen molar-refractivity contribution in [3.8, 4) is 0 Å². The van der Waals surface area contributed by atoms with E-state index in [1.165, 1.54) is 0 Å². The summed E-state index contributed by atoms with van der Waals surface area (Å²) in [6, 6.07) is -1.37. The molecule has 0 aliphatic rings. The minimum Gasteiger partial charge on any atom is -0.481 e. The molecule has 0 aromatic rings. The number of hydrogen-bond acceptors (Lipinski definition) is 5. The fourth-order valence-corrected chi connectivity index (χ4v) is 1.15. The number of carboxylic acids is 2. The Labute approximate surface area is 103 Å². The van der Waals surface area contributed by atoms with Gasteiger partial charge in [0.25, 0.3) is 0 Å². The molecular formula is C9H15N3O6. The number of rotatable bonds is 7. The predicted octanol–water partition coefficient (Wildman–Crippen LogP) is -1.29. The van der Waals surface area contributed by atoms with Crippen LogP contribution in [0, 0.1) is 0 Å². The third-order valence-corrected chi connectivity index (χ3v) is 1.78. The van der Waals surface area contributed by atoms with Crippen LogP contribution in [0.3, 0.4) is 0 Å². The molecule has 0 fully saturated rings. The molecule has 0 aliphatic heterocycles. The van der Waals surface area contributed by atoms with E-state index in [-0.39, 0.29) is 6.42 Å². The molecule has 2 amide bonds. The van der Waals surface area contributed by atoms with Gasteiger partial charge in [0, 0.05) is 20.3 Å². The molecule has 9 heteroatoms. The van der Waals surface area contributed by atoms with E-state index in [4.69, 9.17) is 10.2 Å². The summed E-state index contributed by atoms with van der Waals surface area (Å²) in [5.74, 6) is -3.72. The summed E-state index contributed by atoms with van der Waals surface area (Å²) in [5.41, 5.74) is 4.21. The molecular weight excluding hydrogens is 246 g/mol. The largest absolute Gasteiger partial charge is 0.481 e. The van der Waals surface area contributed by atoms with Gasteiger partial charge in [0.2, 0.25) is 11.8 Å². The number of carbonyl (C=O) groups excluding carboxylic acids is 2. The second-order valence-corrected chi connectivity index (χ2v) is 3.49. The van der Waals surface area contributed by atoms with Gasteiger partial charge in [0.15, 0.2) is 0 Å². The fourth-order valence-electron chi connectivity index (χ4n) is 1.15. The maximum absolute atomic E-state index is 11.0. The molecule has 0 spiro atoms. The second kappa shape index (κ2) is 7.22. The fraction of sp³-hybridized carbons (Fsp3) is 0.556. The Morgan fingerprint density at radius 2 is 1.50 bits per heavy atom. The van der Waals surface area contributed by atoms with Gasteiger partial charge in [-0.05, 0) is 6.42 Å². The molecule has 0 unspecified atom stereocenters. The third-order valence-electron chi connectivity index (χ3n) is 1.78. The number of nitrogens with one attached hydrogen (secondary N) is 2. The summed E-state index contributed by atoms with van der Waals surface area (Å²) in [7, 11) is 0. The van der Waals surface area contributed by atoms with Gasteiger partial charge in [-0.15, -0.1) is 5.12 Å². The van der Waals surface area contributed by atoms with Crippen LogP contribution in [0.4, 0.5) is 0 Å². The van der Waals surface area contributed by atoms with Crippen molar-refractivity contribution in [3.63, 3.8) is 0 Å². The number of nitrogens with zero attached hydrogens (tertiary/aromatic N) is 1. The van der Waals surface area contributed by atoms with Crippen molar-refractivity contribution in [2.75, 3.05) is 0 Å². The van der Waals surface area contributed by atoms with Crippen LogP contribution in [0.25, 0.3) is 0 Å². The lowest BCUT2D eigenvalue weighted by Crippen LogP contribution is -2.59. The van der Waals surface area contributed by atoms with E-state index in [1.807, 2.05) is 0 Å². The first-order valence-electron chi connectivity index (χ1n) is 5.02. The van der Waals surface area contributed by atoms with Gasteiger partial charge in [-0.25, -0.2) is 0 Å². The van der Waals surface area contributed by atoms with E-state index in [0.717, 1.165) is 13.8 Å². The molecule has 0 aliphatic carbocycles. The average molecular weight is 261 g/mol. The molecule has 0 saturated carbocycles. The number of aliphatic carboxylic acids is 2. The van der Waals surface area contributed by atoms with Crippen molar-refractivity contribution in [2.45, 2.75) is 32.7 Å². The van der Waals surface area contributed by atoms with E-state index in [2.05, 4.69) is 10.9 Å². The Balaban J connectivity index is 4.83. The first-order chi connectivity index (χ1) is 8.23. The van der Waals surface area contributed by atoms with Crippen LogP contribution in [0.1, 0.15) is 26.7 Å². The van der Waals surface area contributed by atoms with Gasteiger partial charge in [0.05, 0.1) is 0 Å². The van der Waals surface area contributed by atoms with Crippen molar-refractivity contribution < 1.29 is 29.4 Å². The highest BCUT2D eigenvalue weighted by Gasteiger charge is 2.28. The molecule has 0 aromatic carbocycles. The van der Waals surface area contributed by atoms with E-state index in [9.17, 15) is 19.2 Å². The van der Waals surface area contributed by atoms with Crippen LogP contribution in [0.15, 0.2) is 0 Å². The van der Waals surface area contributed by atoms with Crippen molar-refractivity contribution >= 4 is 23.8 Å². The maximum Gasteiger partial charge on any atom is 0.324 e. The Morgan fingerprint density at radius 3 is 1.78 bits per heavy atom. The number of amides is 2. The summed E-state index contributed by atoms with van der Waals surface area (Å²) in [6.45, 7) is 2.26. The van der Waals surface area contributed by atoms with Gasteiger partial charge in [-0.2, -0.15) is 0 Å². The van der Waals surface area contributed by atoms with Crippen molar-refractivity contribution in [1.29, 1.82) is 0 Å². The van der Waals surface area contributed by atoms with Gasteiger partial charge in [0.1, 0.15) is 6.04 Å². The Hall–Kier alpha value is -2.16. The first kappa shape index (κ1) is 15.8. The van der Waals surface area contributed by atoms with E-state index in [0.29, 0.717) is 5.12 Å². The van der Waals surface area contributed by atoms with Gasteiger partial charge in [-0.1, -0.05) is 0 Å². The number of hydrogen-bond donors (Lipinski definition) is 4. The summed E-state index contributed by atoms with van der Waals surface area (Å²) in [5, 5.41) is 18.1. The monoisotopic (exact) mass is 261 g/mol. The molecule has 0 aromatic heterocycles. The summed E-state index contributed by atoms with van der Waals surface area (Å²) < 4.78 is 0. The molecule has 0 heterocycles. The maximum atomic E-state index is 11.0. The van der Waals surface area contributed by atoms with Crippen molar-refractivity contribution in [1.82, 2.24) is 16.0 Å². The molecule has 18 heavy (non-hydrogen) atoms. The standard InChI is InChI=1S/C9H15N3O6/c1-5(13)10-12(11-6(2)14)7(9(17)18)3-4-8(15)16/h7H,3-4H2,1-2H3,(H,10,13)(H,11,14)(H,15,16)(H,17,18)/t7-/m0/s1. The topological polar surface area (TPSA) is 136 Å². The van der Waals surface area contributed by atoms with Crippen LogP contribution in [-0.2, 0) is 19.2 Å². The lowest BCUT2D eigenvalue weighted by Gasteiger charge is -2.27. The first-order valence-corrected chi connectivity index (χ1v) is 5.02. The van der Waals surface area contributed by atoms with E-state index < -0.39 is 36.2 Å². The Kier molecular flexibility index (Phi) is 6.35. The molecule has 9 nitrogen and oxygen atoms in total. The molecule has 0 rings (SSSR count). The number of carboxylic acid groups (broad SMARTS) is 2. The lowest BCUT2D eigenvalue weighted by atomic mass is 10.1. The minimum absolute atomic E-state index is 0.273. The van der Waals surface area contributed by atoms with Crippen LogP contribution in [0.5, 0.6) is 0 Å². The van der Waals surface area contributed by atoms with Gasteiger partial charge < -0.3 is 10.2 Å². The van der Waals surface area contributed by atoms with Crippen LogP contribution in [-0.4, -0.2) is 45.1 Å². The molecule has 102 valence electrons. The van der Waals surface area contributed by atoms with Crippen LogP contribution < -0.4 is 10.9 Å². The predicted molar refractivity (Wildman–Crippen MR) is 57.8 cm³/mol. The highest BCUT2D eigenvalue weighted by Crippen LogP contribution is 2.04. The number of hydrazine groups is 2. The van der Waals surface area contributed by atoms with Crippen LogP contribution >= 0.6 is 0 Å². The SMILES string of the molecule is CC(=O)NN(NC(C)=O)[C@@H](CCC(=O)O)C(=O)O. The highest BCUT2D eigenvalue weighted by atomic mass is 16.4. The normalized spacial score (nSPS) is 11.7. The summed E-state index contributed by atoms with van der Waals surface area (Å²) in [6.07, 6.45) is -0.683. The van der Waals surface area contributed by atoms with Crippen molar-refractivity contribution in [2.24, 2.45) is 0 Å². The van der Waals surface area contributed by atoms with Crippen molar-refractivity contribution in [3.05, 3.63) is 0 Å². The van der Waals surface area contributed by atoms with Gasteiger partial charge >= 0.3 is 11.9 Å². The second-order valence-electron chi connectivity index (χ2n) is 3.49. The third kappa shape index (κ3) is 6.43. The minimum atomic E-state index is -1.37. The Bertz CT molecular complexity index is 340. The molecule has 0 saturated heterocycles. The van der Waals surface area contributed by atoms with Gasteiger partial charge in [-0.3, -0.25) is 30.0 Å². The van der Waals surface area contributed by atoms with E-state index in [1.54, 1.807) is 0 Å². The smallest absolute Gasteiger partial charge is 0.324 e. The quantitative estimate of drug-likeness (QED) is 0.418. The zero-order valence-electron chi connectivity index (χ0n) is 9.97. The molecule has 0 bridgehead atoms. The molecule has 0 radical (unpaired) electrons. The molecule has 4 N–H and O–H groups in total. The Morgan fingerprint density at radius 1 is 1.06 bits per heavy atom. The lowest BCUT2D eigenvalue weighted by molar-refractivity contribution is -0.151. The average Bonchev–Trinajstić information content (AvgIpc) is 2.14. The summed E-state index contributed by atoms with van der Waals surface area (Å²) >= 11 is 0. The zero-order chi connectivity index (χ0) is 14.3. The van der Waals surface area contributed by atoms with Crippen LogP contribution in [0.2, 0.25) is 0 Å².